The van der Waals surface area contributed by atoms with Crippen molar-refractivity contribution in [3.63, 3.8) is 0 Å². The zero-order valence-corrected chi connectivity index (χ0v) is 10.4. The fourth-order valence-corrected chi connectivity index (χ4v) is 1.51. The molecule has 0 unspecified atom stereocenters. The summed E-state index contributed by atoms with van der Waals surface area (Å²) in [5.74, 6) is 1.01. The van der Waals surface area contributed by atoms with Crippen molar-refractivity contribution in [2.45, 2.75) is 13.0 Å². The molecule has 1 rings (SSSR count). The van der Waals surface area contributed by atoms with Gasteiger partial charge in [0.15, 0.2) is 0 Å². The molecule has 0 spiro atoms. The average Bonchev–Trinajstić information content (AvgIpc) is 2.30. The number of nitrogens with one attached hydrogen (secondary N) is 1. The number of ether oxygens (including phenoxy) is 1. The van der Waals surface area contributed by atoms with Crippen molar-refractivity contribution in [3.05, 3.63) is 23.9 Å². The summed E-state index contributed by atoms with van der Waals surface area (Å²) in [6.45, 7) is 2.62. The summed E-state index contributed by atoms with van der Waals surface area (Å²) < 4.78 is 5.02. The Kier molecular flexibility index (Phi) is 5.82. The van der Waals surface area contributed by atoms with Crippen molar-refractivity contribution in [3.8, 4) is 0 Å². The van der Waals surface area contributed by atoms with E-state index >= 15 is 0 Å². The summed E-state index contributed by atoms with van der Waals surface area (Å²) in [6, 6.07) is 4.16. The molecular formula is C12H21N3O. The fourth-order valence-electron chi connectivity index (χ4n) is 1.51. The Morgan fingerprint density at radius 1 is 1.44 bits per heavy atom. The molecule has 0 aliphatic rings. The molecule has 0 radical (unpaired) electrons. The van der Waals surface area contributed by atoms with Crippen molar-refractivity contribution in [2.24, 2.45) is 0 Å². The number of rotatable bonds is 7. The third-order valence-corrected chi connectivity index (χ3v) is 2.42. The predicted octanol–water partition coefficient (Wildman–Crippen LogP) is 1.27. The minimum absolute atomic E-state index is 0.794. The summed E-state index contributed by atoms with van der Waals surface area (Å²) in [6.07, 6.45) is 2.94. The molecule has 0 aliphatic heterocycles. The number of hydrogen-bond acceptors (Lipinski definition) is 4. The van der Waals surface area contributed by atoms with Gasteiger partial charge in [0.1, 0.15) is 5.82 Å². The highest BCUT2D eigenvalue weighted by atomic mass is 16.5. The number of methoxy groups -OCH3 is 1. The van der Waals surface area contributed by atoms with E-state index in [2.05, 4.69) is 34.4 Å². The molecule has 1 N–H and O–H groups in total. The van der Waals surface area contributed by atoms with Crippen LogP contribution in [0.1, 0.15) is 12.0 Å². The molecule has 0 bridgehead atoms. The van der Waals surface area contributed by atoms with Crippen molar-refractivity contribution >= 4 is 5.82 Å². The van der Waals surface area contributed by atoms with E-state index in [1.165, 1.54) is 5.56 Å². The molecule has 0 fully saturated rings. The largest absolute Gasteiger partial charge is 0.385 e. The normalized spacial score (nSPS) is 10.4. The van der Waals surface area contributed by atoms with Gasteiger partial charge in [0.25, 0.3) is 0 Å². The minimum atomic E-state index is 0.794. The first-order valence-electron chi connectivity index (χ1n) is 5.57. The molecule has 1 aromatic rings. The standard InChI is InChI=1S/C12H21N3O/c1-13-9-11-5-6-12(14-10-11)15(2)7-4-8-16-3/h5-6,10,13H,4,7-9H2,1-3H3. The van der Waals surface area contributed by atoms with E-state index < -0.39 is 0 Å². The van der Waals surface area contributed by atoms with Crippen LogP contribution in [-0.4, -0.2) is 39.3 Å². The second-order valence-electron chi connectivity index (χ2n) is 3.82. The molecule has 0 saturated heterocycles. The summed E-state index contributed by atoms with van der Waals surface area (Å²) >= 11 is 0. The number of anilines is 1. The topological polar surface area (TPSA) is 37.4 Å². The molecule has 0 aromatic carbocycles. The molecule has 0 aliphatic carbocycles. The van der Waals surface area contributed by atoms with Crippen LogP contribution < -0.4 is 10.2 Å². The highest BCUT2D eigenvalue weighted by Gasteiger charge is 2.01. The van der Waals surface area contributed by atoms with Crippen molar-refractivity contribution in [2.75, 3.05) is 39.3 Å². The monoisotopic (exact) mass is 223 g/mol. The third kappa shape index (κ3) is 4.16. The van der Waals surface area contributed by atoms with Gasteiger partial charge in [0.2, 0.25) is 0 Å². The van der Waals surface area contributed by atoms with Crippen LogP contribution in [0.2, 0.25) is 0 Å². The fraction of sp³-hybridized carbons (Fsp3) is 0.583. The first kappa shape index (κ1) is 12.9. The maximum atomic E-state index is 5.02. The van der Waals surface area contributed by atoms with Gasteiger partial charge in [-0.15, -0.1) is 0 Å². The van der Waals surface area contributed by atoms with Gasteiger partial charge in [-0.2, -0.15) is 0 Å². The molecule has 0 saturated carbocycles. The van der Waals surface area contributed by atoms with E-state index in [1.54, 1.807) is 7.11 Å². The lowest BCUT2D eigenvalue weighted by Crippen LogP contribution is -2.20. The van der Waals surface area contributed by atoms with Crippen LogP contribution >= 0.6 is 0 Å². The lowest BCUT2D eigenvalue weighted by atomic mass is 10.3. The summed E-state index contributed by atoms with van der Waals surface area (Å²) in [5, 5.41) is 3.10. The highest BCUT2D eigenvalue weighted by molar-refractivity contribution is 5.38. The molecule has 1 heterocycles. The predicted molar refractivity (Wildman–Crippen MR) is 66.8 cm³/mol. The summed E-state index contributed by atoms with van der Waals surface area (Å²) in [4.78, 5) is 6.56. The quantitative estimate of drug-likeness (QED) is 0.706. The van der Waals surface area contributed by atoms with Crippen LogP contribution in [-0.2, 0) is 11.3 Å². The van der Waals surface area contributed by atoms with E-state index in [0.717, 1.165) is 31.9 Å². The Morgan fingerprint density at radius 2 is 2.25 bits per heavy atom. The molecular weight excluding hydrogens is 202 g/mol. The Bertz CT molecular complexity index is 287. The van der Waals surface area contributed by atoms with Gasteiger partial charge in [-0.05, 0) is 25.1 Å². The van der Waals surface area contributed by atoms with E-state index in [9.17, 15) is 0 Å². The lowest BCUT2D eigenvalue weighted by Gasteiger charge is -2.17. The number of aromatic nitrogens is 1. The Hall–Kier alpha value is -1.13. The second kappa shape index (κ2) is 7.19. The van der Waals surface area contributed by atoms with Crippen LogP contribution in [0.5, 0.6) is 0 Å². The summed E-state index contributed by atoms with van der Waals surface area (Å²) in [7, 11) is 5.71. The summed E-state index contributed by atoms with van der Waals surface area (Å²) in [5.41, 5.74) is 1.21. The van der Waals surface area contributed by atoms with Gasteiger partial charge in [-0.1, -0.05) is 6.07 Å². The van der Waals surface area contributed by atoms with E-state index in [-0.39, 0.29) is 0 Å². The van der Waals surface area contributed by atoms with Crippen molar-refractivity contribution in [1.29, 1.82) is 0 Å². The van der Waals surface area contributed by atoms with Crippen LogP contribution in [0.3, 0.4) is 0 Å². The average molecular weight is 223 g/mol. The van der Waals surface area contributed by atoms with Crippen molar-refractivity contribution in [1.82, 2.24) is 10.3 Å². The number of nitrogens with zero attached hydrogens (tertiary/aromatic N) is 2. The Morgan fingerprint density at radius 3 is 2.81 bits per heavy atom. The van der Waals surface area contributed by atoms with Crippen LogP contribution in [0.4, 0.5) is 5.82 Å². The molecule has 0 atom stereocenters. The third-order valence-electron chi connectivity index (χ3n) is 2.42. The van der Waals surface area contributed by atoms with Gasteiger partial charge < -0.3 is 15.0 Å². The first-order valence-corrected chi connectivity index (χ1v) is 5.57. The minimum Gasteiger partial charge on any atom is -0.385 e. The SMILES string of the molecule is CNCc1ccc(N(C)CCCOC)nc1. The van der Waals surface area contributed by atoms with Crippen molar-refractivity contribution < 1.29 is 4.74 Å². The number of pyridine rings is 1. The zero-order valence-electron chi connectivity index (χ0n) is 10.4. The molecule has 0 amide bonds. The van der Waals surface area contributed by atoms with Gasteiger partial charge in [-0.25, -0.2) is 4.98 Å². The molecule has 4 heteroatoms. The molecule has 16 heavy (non-hydrogen) atoms. The first-order chi connectivity index (χ1) is 7.77. The van der Waals surface area contributed by atoms with Gasteiger partial charge >= 0.3 is 0 Å². The smallest absolute Gasteiger partial charge is 0.128 e. The molecule has 90 valence electrons. The maximum Gasteiger partial charge on any atom is 0.128 e. The van der Waals surface area contributed by atoms with E-state index in [1.807, 2.05) is 13.2 Å². The maximum absolute atomic E-state index is 5.02. The van der Waals surface area contributed by atoms with Crippen LogP contribution in [0.25, 0.3) is 0 Å². The zero-order chi connectivity index (χ0) is 11.8. The molecule has 4 nitrogen and oxygen atoms in total. The number of hydrogen-bond donors (Lipinski definition) is 1. The lowest BCUT2D eigenvalue weighted by molar-refractivity contribution is 0.196. The van der Waals surface area contributed by atoms with E-state index in [0.29, 0.717) is 0 Å². The Balaban J connectivity index is 2.46. The Labute approximate surface area is 97.6 Å². The van der Waals surface area contributed by atoms with Gasteiger partial charge in [0.05, 0.1) is 0 Å². The van der Waals surface area contributed by atoms with Crippen LogP contribution in [0, 0.1) is 0 Å². The molecule has 1 aromatic heterocycles. The van der Waals surface area contributed by atoms with Gasteiger partial charge in [0, 0.05) is 40.1 Å². The van der Waals surface area contributed by atoms with Crippen LogP contribution in [0.15, 0.2) is 18.3 Å². The van der Waals surface area contributed by atoms with Gasteiger partial charge in [-0.3, -0.25) is 0 Å². The van der Waals surface area contributed by atoms with E-state index in [4.69, 9.17) is 4.74 Å². The second-order valence-corrected chi connectivity index (χ2v) is 3.82. The highest BCUT2D eigenvalue weighted by Crippen LogP contribution is 2.09.